The van der Waals surface area contributed by atoms with Crippen LogP contribution >= 0.6 is 11.3 Å². The molecule has 5 nitrogen and oxygen atoms in total. The number of rotatable bonds is 5. The molecule has 0 atom stereocenters. The predicted molar refractivity (Wildman–Crippen MR) is 84.6 cm³/mol. The van der Waals surface area contributed by atoms with E-state index in [1.807, 2.05) is 12.1 Å². The van der Waals surface area contributed by atoms with Crippen molar-refractivity contribution in [2.24, 2.45) is 0 Å². The second kappa shape index (κ2) is 6.86. The number of nitrogens with one attached hydrogen (secondary N) is 2. The number of aromatic nitrogens is 2. The van der Waals surface area contributed by atoms with Crippen LogP contribution in [0, 0.1) is 0 Å². The molecule has 0 radical (unpaired) electrons. The third-order valence-corrected chi connectivity index (χ3v) is 4.76. The van der Waals surface area contributed by atoms with E-state index < -0.39 is 12.0 Å². The minimum absolute atomic E-state index is 0.174. The summed E-state index contributed by atoms with van der Waals surface area (Å²) in [4.78, 5) is 8.34. The SMILES string of the molecule is OC1(c2cccc(NCc3csc(C(F)F)n3)n2)CCNCC1. The first-order valence-electron chi connectivity index (χ1n) is 7.44. The van der Waals surface area contributed by atoms with Crippen molar-refractivity contribution in [3.8, 4) is 0 Å². The van der Waals surface area contributed by atoms with Crippen LogP contribution in [-0.4, -0.2) is 28.2 Å². The Labute approximate surface area is 136 Å². The number of hydrogen-bond donors (Lipinski definition) is 3. The van der Waals surface area contributed by atoms with E-state index in [-0.39, 0.29) is 5.01 Å². The standard InChI is InChI=1S/C15H18F2N4OS/c16-13(17)14-20-10(9-23-14)8-19-12-3-1-2-11(21-12)15(22)4-6-18-7-5-15/h1-3,9,13,18,22H,4-8H2,(H,19,21). The molecule has 124 valence electrons. The molecule has 0 spiro atoms. The van der Waals surface area contributed by atoms with Crippen LogP contribution in [0.15, 0.2) is 23.6 Å². The highest BCUT2D eigenvalue weighted by Crippen LogP contribution is 2.29. The number of aliphatic hydroxyl groups is 1. The van der Waals surface area contributed by atoms with E-state index in [1.54, 1.807) is 11.4 Å². The van der Waals surface area contributed by atoms with Crippen molar-refractivity contribution in [2.45, 2.75) is 31.4 Å². The number of anilines is 1. The van der Waals surface area contributed by atoms with Gasteiger partial charge in [0, 0.05) is 5.38 Å². The number of piperidine rings is 1. The van der Waals surface area contributed by atoms with E-state index in [4.69, 9.17) is 0 Å². The second-order valence-electron chi connectivity index (χ2n) is 5.52. The largest absolute Gasteiger partial charge is 0.383 e. The second-order valence-corrected chi connectivity index (χ2v) is 6.41. The molecule has 3 heterocycles. The molecule has 0 bridgehead atoms. The van der Waals surface area contributed by atoms with Crippen LogP contribution in [0.25, 0.3) is 0 Å². The fourth-order valence-electron chi connectivity index (χ4n) is 2.57. The van der Waals surface area contributed by atoms with Crippen LogP contribution in [-0.2, 0) is 12.1 Å². The van der Waals surface area contributed by atoms with Crippen LogP contribution in [0.1, 0.15) is 35.7 Å². The molecular formula is C15H18F2N4OS. The molecule has 3 rings (SSSR count). The lowest BCUT2D eigenvalue weighted by Crippen LogP contribution is -2.40. The van der Waals surface area contributed by atoms with E-state index in [9.17, 15) is 13.9 Å². The average Bonchev–Trinajstić information content (AvgIpc) is 3.03. The molecule has 2 aromatic heterocycles. The van der Waals surface area contributed by atoms with Gasteiger partial charge in [0.05, 0.1) is 17.9 Å². The normalized spacial score (nSPS) is 17.4. The molecule has 2 aromatic rings. The Morgan fingerprint density at radius 2 is 2.09 bits per heavy atom. The first kappa shape index (κ1) is 16.2. The number of hydrogen-bond acceptors (Lipinski definition) is 6. The van der Waals surface area contributed by atoms with Gasteiger partial charge >= 0.3 is 0 Å². The average molecular weight is 340 g/mol. The maximum atomic E-state index is 12.5. The Hall–Kier alpha value is -1.64. The highest BCUT2D eigenvalue weighted by Gasteiger charge is 2.32. The maximum Gasteiger partial charge on any atom is 0.289 e. The number of pyridine rings is 1. The monoisotopic (exact) mass is 340 g/mol. The molecule has 1 fully saturated rings. The van der Waals surface area contributed by atoms with Gasteiger partial charge in [-0.15, -0.1) is 11.3 Å². The topological polar surface area (TPSA) is 70.1 Å². The van der Waals surface area contributed by atoms with Crippen molar-refractivity contribution < 1.29 is 13.9 Å². The zero-order chi connectivity index (χ0) is 16.3. The van der Waals surface area contributed by atoms with Gasteiger partial charge in [-0.05, 0) is 38.1 Å². The quantitative estimate of drug-likeness (QED) is 0.781. The van der Waals surface area contributed by atoms with E-state index in [2.05, 4.69) is 20.6 Å². The summed E-state index contributed by atoms with van der Waals surface area (Å²) in [6, 6.07) is 5.43. The highest BCUT2D eigenvalue weighted by atomic mass is 32.1. The molecule has 23 heavy (non-hydrogen) atoms. The molecule has 1 aliphatic heterocycles. The molecule has 1 saturated heterocycles. The Bertz CT molecular complexity index is 658. The van der Waals surface area contributed by atoms with Gasteiger partial charge in [-0.1, -0.05) is 6.07 Å². The molecule has 3 N–H and O–H groups in total. The van der Waals surface area contributed by atoms with E-state index >= 15 is 0 Å². The van der Waals surface area contributed by atoms with E-state index in [0.29, 0.717) is 36.6 Å². The summed E-state index contributed by atoms with van der Waals surface area (Å²) in [5.74, 6) is 0.598. The van der Waals surface area contributed by atoms with Gasteiger partial charge in [0.2, 0.25) is 0 Å². The summed E-state index contributed by atoms with van der Waals surface area (Å²) < 4.78 is 25.1. The lowest BCUT2D eigenvalue weighted by molar-refractivity contribution is 0.00199. The number of alkyl halides is 2. The molecular weight excluding hydrogens is 322 g/mol. The van der Waals surface area contributed by atoms with Gasteiger partial charge in [0.25, 0.3) is 6.43 Å². The van der Waals surface area contributed by atoms with Crippen molar-refractivity contribution >= 4 is 17.2 Å². The van der Waals surface area contributed by atoms with E-state index in [0.717, 1.165) is 24.4 Å². The van der Waals surface area contributed by atoms with E-state index in [1.165, 1.54) is 0 Å². The fraction of sp³-hybridized carbons (Fsp3) is 0.467. The van der Waals surface area contributed by atoms with Gasteiger partial charge in [0.15, 0.2) is 5.01 Å². The highest BCUT2D eigenvalue weighted by molar-refractivity contribution is 7.09. The van der Waals surface area contributed by atoms with Gasteiger partial charge < -0.3 is 15.7 Å². The summed E-state index contributed by atoms with van der Waals surface area (Å²) in [5, 5.41) is 18.4. The Morgan fingerprint density at radius 1 is 1.30 bits per heavy atom. The van der Waals surface area contributed by atoms with Crippen LogP contribution < -0.4 is 10.6 Å². The lowest BCUT2D eigenvalue weighted by atomic mass is 9.89. The Morgan fingerprint density at radius 3 is 2.78 bits per heavy atom. The predicted octanol–water partition coefficient (Wildman–Crippen LogP) is 2.66. The molecule has 0 unspecified atom stereocenters. The molecule has 0 amide bonds. The third kappa shape index (κ3) is 3.82. The third-order valence-electron chi connectivity index (χ3n) is 3.86. The molecule has 8 heteroatoms. The van der Waals surface area contributed by atoms with Crippen LogP contribution in [0.5, 0.6) is 0 Å². The van der Waals surface area contributed by atoms with Crippen molar-refractivity contribution in [3.63, 3.8) is 0 Å². The smallest absolute Gasteiger partial charge is 0.289 e. The first-order chi connectivity index (χ1) is 11.1. The Kier molecular flexibility index (Phi) is 4.84. The minimum Gasteiger partial charge on any atom is -0.383 e. The van der Waals surface area contributed by atoms with Crippen molar-refractivity contribution in [3.05, 3.63) is 40.0 Å². The Balaban J connectivity index is 1.67. The molecule has 0 aromatic carbocycles. The zero-order valence-electron chi connectivity index (χ0n) is 12.4. The van der Waals surface area contributed by atoms with Crippen LogP contribution in [0.3, 0.4) is 0 Å². The molecule has 0 saturated carbocycles. The number of thiazole rings is 1. The number of nitrogens with zero attached hydrogens (tertiary/aromatic N) is 2. The van der Waals surface area contributed by atoms with Gasteiger partial charge in [-0.2, -0.15) is 0 Å². The van der Waals surface area contributed by atoms with Crippen molar-refractivity contribution in [1.29, 1.82) is 0 Å². The summed E-state index contributed by atoms with van der Waals surface area (Å²) in [6.07, 6.45) is -1.30. The van der Waals surface area contributed by atoms with Crippen molar-refractivity contribution in [1.82, 2.24) is 15.3 Å². The fourth-order valence-corrected chi connectivity index (χ4v) is 3.24. The zero-order valence-corrected chi connectivity index (χ0v) is 13.2. The summed E-state index contributed by atoms with van der Waals surface area (Å²) in [6.45, 7) is 1.83. The van der Waals surface area contributed by atoms with Crippen molar-refractivity contribution in [2.75, 3.05) is 18.4 Å². The molecule has 1 aliphatic rings. The minimum atomic E-state index is -2.54. The molecule has 0 aliphatic carbocycles. The number of halogens is 2. The van der Waals surface area contributed by atoms with Crippen LogP contribution in [0.4, 0.5) is 14.6 Å². The summed E-state index contributed by atoms with van der Waals surface area (Å²) in [5.41, 5.74) is 0.278. The van der Waals surface area contributed by atoms with Gasteiger partial charge in [-0.25, -0.2) is 18.7 Å². The lowest BCUT2D eigenvalue weighted by Gasteiger charge is -2.32. The maximum absolute atomic E-state index is 12.5. The first-order valence-corrected chi connectivity index (χ1v) is 8.32. The summed E-state index contributed by atoms with van der Waals surface area (Å²) >= 11 is 0.950. The van der Waals surface area contributed by atoms with Gasteiger partial charge in [-0.3, -0.25) is 0 Å². The summed E-state index contributed by atoms with van der Waals surface area (Å²) in [7, 11) is 0. The van der Waals surface area contributed by atoms with Gasteiger partial charge in [0.1, 0.15) is 11.4 Å². The van der Waals surface area contributed by atoms with Crippen LogP contribution in [0.2, 0.25) is 0 Å².